The number of amides is 2. The molecule has 3 rings (SSSR count). The van der Waals surface area contributed by atoms with E-state index in [9.17, 15) is 19.6 Å². The van der Waals surface area contributed by atoms with Crippen molar-refractivity contribution in [3.63, 3.8) is 0 Å². The zero-order valence-electron chi connectivity index (χ0n) is 16.5. The molecule has 1 saturated heterocycles. The van der Waals surface area contributed by atoms with Gasteiger partial charge in [-0.3, -0.25) is 9.59 Å². The normalized spacial score (nSPS) is 16.1. The van der Waals surface area contributed by atoms with Gasteiger partial charge in [0.15, 0.2) is 0 Å². The molecule has 1 aromatic heterocycles. The van der Waals surface area contributed by atoms with Crippen LogP contribution in [0.4, 0.5) is 5.69 Å². The van der Waals surface area contributed by atoms with Crippen LogP contribution in [-0.2, 0) is 14.3 Å². The van der Waals surface area contributed by atoms with Crippen LogP contribution in [-0.4, -0.2) is 35.1 Å². The number of nitrogens with zero attached hydrogens (tertiary/aromatic N) is 3. The summed E-state index contributed by atoms with van der Waals surface area (Å²) in [6.45, 7) is 5.60. The Labute approximate surface area is 172 Å². The second-order valence-corrected chi connectivity index (χ2v) is 7.85. The molecule has 0 spiro atoms. The first-order valence-corrected chi connectivity index (χ1v) is 9.76. The SMILES string of the molecule is COC(=O)c1ccc(N2C(=O)CC(Sc3nc(C)c(C)c(C)c3C#N)C2=O)cc1. The molecule has 0 radical (unpaired) electrons. The Morgan fingerprint density at radius 3 is 2.45 bits per heavy atom. The molecule has 29 heavy (non-hydrogen) atoms. The van der Waals surface area contributed by atoms with E-state index in [1.807, 2.05) is 20.8 Å². The van der Waals surface area contributed by atoms with Crippen LogP contribution in [0.25, 0.3) is 0 Å². The lowest BCUT2D eigenvalue weighted by Crippen LogP contribution is -2.31. The quantitative estimate of drug-likeness (QED) is 0.565. The summed E-state index contributed by atoms with van der Waals surface area (Å²) in [6.07, 6.45) is 0.0147. The van der Waals surface area contributed by atoms with Crippen LogP contribution >= 0.6 is 11.8 Å². The van der Waals surface area contributed by atoms with Crippen LogP contribution in [0, 0.1) is 32.1 Å². The van der Waals surface area contributed by atoms with Crippen LogP contribution in [0.5, 0.6) is 0 Å². The van der Waals surface area contributed by atoms with Crippen molar-refractivity contribution in [2.45, 2.75) is 37.5 Å². The molecule has 2 amide bonds. The zero-order chi connectivity index (χ0) is 21.3. The third-order valence-electron chi connectivity index (χ3n) is 4.98. The topological polar surface area (TPSA) is 100 Å². The van der Waals surface area contributed by atoms with Crippen molar-refractivity contribution in [2.24, 2.45) is 0 Å². The van der Waals surface area contributed by atoms with E-state index in [1.54, 1.807) is 0 Å². The number of aromatic nitrogens is 1. The van der Waals surface area contributed by atoms with E-state index in [0.717, 1.165) is 33.5 Å². The molecule has 1 atom stereocenters. The summed E-state index contributed by atoms with van der Waals surface area (Å²) in [5.41, 5.74) is 3.70. The summed E-state index contributed by atoms with van der Waals surface area (Å²) < 4.78 is 4.65. The van der Waals surface area contributed by atoms with E-state index < -0.39 is 11.2 Å². The van der Waals surface area contributed by atoms with Gasteiger partial charge in [0, 0.05) is 12.1 Å². The van der Waals surface area contributed by atoms with Crippen molar-refractivity contribution in [1.29, 1.82) is 5.26 Å². The van der Waals surface area contributed by atoms with Gasteiger partial charge < -0.3 is 4.74 Å². The standard InChI is InChI=1S/C21H19N3O4S/c1-11-12(2)16(10-22)19(23-13(11)3)29-17-9-18(25)24(20(17)26)15-7-5-14(6-8-15)21(27)28-4/h5-8,17H,9H2,1-4H3. The minimum Gasteiger partial charge on any atom is -0.465 e. The summed E-state index contributed by atoms with van der Waals surface area (Å²) in [5.74, 6) is -1.20. The number of esters is 1. The predicted molar refractivity (Wildman–Crippen MR) is 108 cm³/mol. The highest BCUT2D eigenvalue weighted by molar-refractivity contribution is 8.00. The first-order valence-electron chi connectivity index (χ1n) is 8.88. The van der Waals surface area contributed by atoms with Crippen molar-refractivity contribution >= 4 is 35.2 Å². The smallest absolute Gasteiger partial charge is 0.337 e. The molecule has 0 saturated carbocycles. The van der Waals surface area contributed by atoms with E-state index >= 15 is 0 Å². The lowest BCUT2D eigenvalue weighted by Gasteiger charge is -2.16. The Bertz CT molecular complexity index is 1060. The molecule has 1 unspecified atom stereocenters. The highest BCUT2D eigenvalue weighted by Crippen LogP contribution is 2.36. The lowest BCUT2D eigenvalue weighted by atomic mass is 10.1. The predicted octanol–water partition coefficient (Wildman–Crippen LogP) is 3.09. The average molecular weight is 409 g/mol. The summed E-state index contributed by atoms with van der Waals surface area (Å²) in [5, 5.41) is 9.32. The largest absolute Gasteiger partial charge is 0.465 e. The number of methoxy groups -OCH3 is 1. The number of benzene rings is 1. The van der Waals surface area contributed by atoms with Crippen LogP contribution in [0.2, 0.25) is 0 Å². The number of rotatable bonds is 4. The number of thioether (sulfide) groups is 1. The highest BCUT2D eigenvalue weighted by atomic mass is 32.2. The fourth-order valence-electron chi connectivity index (χ4n) is 3.09. The Kier molecular flexibility index (Phi) is 5.71. The van der Waals surface area contributed by atoms with Crippen molar-refractivity contribution < 1.29 is 19.1 Å². The van der Waals surface area contributed by atoms with Gasteiger partial charge >= 0.3 is 5.97 Å². The maximum absolute atomic E-state index is 12.9. The molecule has 1 fully saturated rings. The number of carbonyl (C=O) groups is 3. The Balaban J connectivity index is 1.87. The number of anilines is 1. The molecular formula is C21H19N3O4S. The third-order valence-corrected chi connectivity index (χ3v) is 6.15. The lowest BCUT2D eigenvalue weighted by molar-refractivity contribution is -0.121. The van der Waals surface area contributed by atoms with Gasteiger partial charge in [-0.1, -0.05) is 11.8 Å². The number of carbonyl (C=O) groups excluding carboxylic acids is 3. The molecule has 0 N–H and O–H groups in total. The van der Waals surface area contributed by atoms with Gasteiger partial charge in [-0.25, -0.2) is 14.7 Å². The molecule has 1 aromatic carbocycles. The monoisotopic (exact) mass is 409 g/mol. The highest BCUT2D eigenvalue weighted by Gasteiger charge is 2.41. The van der Waals surface area contributed by atoms with Crippen molar-refractivity contribution in [2.75, 3.05) is 12.0 Å². The van der Waals surface area contributed by atoms with Gasteiger partial charge in [0.05, 0.1) is 29.2 Å². The molecular weight excluding hydrogens is 390 g/mol. The Morgan fingerprint density at radius 2 is 1.86 bits per heavy atom. The molecule has 1 aliphatic heterocycles. The van der Waals surface area contributed by atoms with Crippen LogP contribution < -0.4 is 4.90 Å². The molecule has 1 aliphatic rings. The molecule has 7 nitrogen and oxygen atoms in total. The summed E-state index contributed by atoms with van der Waals surface area (Å²) in [6, 6.07) is 8.24. The second kappa shape index (κ2) is 8.05. The maximum atomic E-state index is 12.9. The molecule has 0 aliphatic carbocycles. The number of pyridine rings is 1. The second-order valence-electron chi connectivity index (χ2n) is 6.66. The van der Waals surface area contributed by atoms with Crippen molar-refractivity contribution in [1.82, 2.24) is 4.98 Å². The van der Waals surface area contributed by atoms with Gasteiger partial charge in [-0.15, -0.1) is 0 Å². The number of ether oxygens (including phenoxy) is 1. The van der Waals surface area contributed by atoms with E-state index in [4.69, 9.17) is 0 Å². The van der Waals surface area contributed by atoms with Gasteiger partial charge in [-0.05, 0) is 56.2 Å². The number of aryl methyl sites for hydroxylation is 1. The number of hydrogen-bond acceptors (Lipinski definition) is 7. The van der Waals surface area contributed by atoms with E-state index in [2.05, 4.69) is 15.8 Å². The molecule has 2 aromatic rings. The average Bonchev–Trinajstić information content (AvgIpc) is 2.99. The Morgan fingerprint density at radius 1 is 1.21 bits per heavy atom. The van der Waals surface area contributed by atoms with Crippen molar-refractivity contribution in [3.8, 4) is 6.07 Å². The van der Waals surface area contributed by atoms with Crippen molar-refractivity contribution in [3.05, 3.63) is 52.2 Å². The van der Waals surface area contributed by atoms with Crippen LogP contribution in [0.1, 0.15) is 39.2 Å². The first-order chi connectivity index (χ1) is 13.8. The van der Waals surface area contributed by atoms with Gasteiger partial charge in [-0.2, -0.15) is 5.26 Å². The maximum Gasteiger partial charge on any atom is 0.337 e. The van der Waals surface area contributed by atoms with Gasteiger partial charge in [0.25, 0.3) is 0 Å². The molecule has 0 bridgehead atoms. The fourth-order valence-corrected chi connectivity index (χ4v) is 4.30. The Hall–Kier alpha value is -3.18. The van der Waals surface area contributed by atoms with Gasteiger partial charge in [0.2, 0.25) is 11.8 Å². The van der Waals surface area contributed by atoms with E-state index in [-0.39, 0.29) is 18.2 Å². The van der Waals surface area contributed by atoms with E-state index in [0.29, 0.717) is 21.8 Å². The van der Waals surface area contributed by atoms with Crippen LogP contribution in [0.15, 0.2) is 29.3 Å². The molecule has 148 valence electrons. The van der Waals surface area contributed by atoms with Crippen LogP contribution in [0.3, 0.4) is 0 Å². The fraction of sp³-hybridized carbons (Fsp3) is 0.286. The molecule has 2 heterocycles. The minimum atomic E-state index is -0.663. The third kappa shape index (κ3) is 3.74. The summed E-state index contributed by atoms with van der Waals surface area (Å²) in [7, 11) is 1.28. The zero-order valence-corrected chi connectivity index (χ0v) is 17.3. The molecule has 8 heteroatoms. The summed E-state index contributed by atoms with van der Waals surface area (Å²) in [4.78, 5) is 42.6. The number of imide groups is 1. The first kappa shape index (κ1) is 20.6. The number of hydrogen-bond donors (Lipinski definition) is 0. The minimum absolute atomic E-state index is 0.0147. The van der Waals surface area contributed by atoms with E-state index in [1.165, 1.54) is 31.4 Å². The van der Waals surface area contributed by atoms with Gasteiger partial charge in [0.1, 0.15) is 11.1 Å². The summed E-state index contributed by atoms with van der Waals surface area (Å²) >= 11 is 1.14. The number of nitriles is 1.